The van der Waals surface area contributed by atoms with Gasteiger partial charge in [0.05, 0.1) is 0 Å². The van der Waals surface area contributed by atoms with Gasteiger partial charge in [-0.3, -0.25) is 0 Å². The molecule has 1 nitrogen and oxygen atoms in total. The predicted molar refractivity (Wildman–Crippen MR) is 84.2 cm³/mol. The van der Waals surface area contributed by atoms with Crippen LogP contribution in [0.5, 0.6) is 0 Å². The van der Waals surface area contributed by atoms with Gasteiger partial charge in [0.1, 0.15) is 0 Å². The Hall–Kier alpha value is -0.0400. The average molecular weight is 265 g/mol. The highest BCUT2D eigenvalue weighted by atomic mass is 15.0. The first-order chi connectivity index (χ1) is 8.68. The maximum absolute atomic E-state index is 3.96. The van der Waals surface area contributed by atoms with Crippen LogP contribution in [0.3, 0.4) is 0 Å². The Morgan fingerprint density at radius 3 is 2.11 bits per heavy atom. The summed E-state index contributed by atoms with van der Waals surface area (Å²) in [6, 6.07) is 0.760. The lowest BCUT2D eigenvalue weighted by molar-refractivity contribution is 0.167. The molecular weight excluding hydrogens is 230 g/mol. The topological polar surface area (TPSA) is 12.0 Å². The van der Waals surface area contributed by atoms with E-state index in [2.05, 4.69) is 53.8 Å². The molecule has 0 aromatic rings. The summed E-state index contributed by atoms with van der Waals surface area (Å²) in [5, 5.41) is 3.96. The molecular formula is C18H35N. The van der Waals surface area contributed by atoms with Crippen LogP contribution in [0, 0.1) is 34.5 Å². The van der Waals surface area contributed by atoms with Gasteiger partial charge in [-0.2, -0.15) is 0 Å². The highest BCUT2D eigenvalue weighted by molar-refractivity contribution is 5.13. The highest BCUT2D eigenvalue weighted by Gasteiger charge is 2.64. The SMILES string of the molecule is CC1CCC(C(C)C)C(NCC2C(C)(C)C2(C)C)C1. The van der Waals surface area contributed by atoms with Crippen LogP contribution in [-0.4, -0.2) is 12.6 Å². The van der Waals surface area contributed by atoms with Crippen molar-refractivity contribution in [1.29, 1.82) is 0 Å². The summed E-state index contributed by atoms with van der Waals surface area (Å²) in [7, 11) is 0. The minimum Gasteiger partial charge on any atom is -0.313 e. The highest BCUT2D eigenvalue weighted by Crippen LogP contribution is 2.68. The lowest BCUT2D eigenvalue weighted by Gasteiger charge is -2.38. The van der Waals surface area contributed by atoms with Crippen molar-refractivity contribution in [3.63, 3.8) is 0 Å². The van der Waals surface area contributed by atoms with Gasteiger partial charge in [-0.1, -0.05) is 54.9 Å². The molecule has 3 unspecified atom stereocenters. The Kier molecular flexibility index (Phi) is 4.09. The van der Waals surface area contributed by atoms with Gasteiger partial charge in [0.2, 0.25) is 0 Å². The van der Waals surface area contributed by atoms with Gasteiger partial charge in [0.25, 0.3) is 0 Å². The van der Waals surface area contributed by atoms with Crippen molar-refractivity contribution in [2.24, 2.45) is 34.5 Å². The Balaban J connectivity index is 1.90. The number of nitrogens with one attached hydrogen (secondary N) is 1. The molecule has 0 aliphatic heterocycles. The zero-order valence-corrected chi connectivity index (χ0v) is 14.2. The van der Waals surface area contributed by atoms with Gasteiger partial charge < -0.3 is 5.32 Å². The normalized spacial score (nSPS) is 37.6. The van der Waals surface area contributed by atoms with Crippen LogP contribution < -0.4 is 5.32 Å². The van der Waals surface area contributed by atoms with Crippen molar-refractivity contribution < 1.29 is 0 Å². The molecule has 0 aromatic carbocycles. The number of hydrogen-bond donors (Lipinski definition) is 1. The van der Waals surface area contributed by atoms with E-state index in [0.717, 1.165) is 29.7 Å². The molecule has 0 saturated heterocycles. The zero-order valence-electron chi connectivity index (χ0n) is 14.2. The van der Waals surface area contributed by atoms with E-state index in [1.807, 2.05) is 0 Å². The summed E-state index contributed by atoms with van der Waals surface area (Å²) < 4.78 is 0. The van der Waals surface area contributed by atoms with Crippen LogP contribution in [0.1, 0.15) is 67.7 Å². The molecule has 0 amide bonds. The molecule has 0 radical (unpaired) electrons. The molecule has 2 saturated carbocycles. The fraction of sp³-hybridized carbons (Fsp3) is 1.00. The third-order valence-corrected chi connectivity index (χ3v) is 6.93. The van der Waals surface area contributed by atoms with Crippen LogP contribution in [0.25, 0.3) is 0 Å². The van der Waals surface area contributed by atoms with Crippen molar-refractivity contribution in [3.8, 4) is 0 Å². The van der Waals surface area contributed by atoms with Crippen molar-refractivity contribution in [2.75, 3.05) is 6.54 Å². The molecule has 0 bridgehead atoms. The van der Waals surface area contributed by atoms with E-state index in [4.69, 9.17) is 0 Å². The van der Waals surface area contributed by atoms with Gasteiger partial charge in [-0.05, 0) is 53.9 Å². The molecule has 2 fully saturated rings. The standard InChI is InChI=1S/C18H35N/c1-12(2)14-9-8-13(3)10-15(14)19-11-16-17(4,5)18(16,6)7/h12-16,19H,8-11H2,1-7H3. The molecule has 3 atom stereocenters. The minimum atomic E-state index is 0.521. The van der Waals surface area contributed by atoms with E-state index in [0.29, 0.717) is 10.8 Å². The van der Waals surface area contributed by atoms with Gasteiger partial charge in [0.15, 0.2) is 0 Å². The van der Waals surface area contributed by atoms with Crippen molar-refractivity contribution in [3.05, 3.63) is 0 Å². The predicted octanol–water partition coefficient (Wildman–Crippen LogP) is 4.72. The summed E-state index contributed by atoms with van der Waals surface area (Å²) >= 11 is 0. The Bertz CT molecular complexity index is 302. The second kappa shape index (κ2) is 5.06. The van der Waals surface area contributed by atoms with E-state index in [1.165, 1.54) is 25.8 Å². The third kappa shape index (κ3) is 2.73. The molecule has 2 aliphatic rings. The van der Waals surface area contributed by atoms with Crippen LogP contribution in [0.15, 0.2) is 0 Å². The first kappa shape index (κ1) is 15.4. The summed E-state index contributed by atoms with van der Waals surface area (Å²) in [5.74, 6) is 3.48. The Morgan fingerprint density at radius 2 is 1.63 bits per heavy atom. The largest absolute Gasteiger partial charge is 0.313 e. The molecule has 2 rings (SSSR count). The molecule has 1 N–H and O–H groups in total. The van der Waals surface area contributed by atoms with E-state index < -0.39 is 0 Å². The molecule has 0 aromatic heterocycles. The van der Waals surface area contributed by atoms with E-state index in [-0.39, 0.29) is 0 Å². The third-order valence-electron chi connectivity index (χ3n) is 6.93. The van der Waals surface area contributed by atoms with Crippen LogP contribution in [0.4, 0.5) is 0 Å². The maximum Gasteiger partial charge on any atom is 0.0100 e. The van der Waals surface area contributed by atoms with E-state index in [1.54, 1.807) is 0 Å². The lowest BCUT2D eigenvalue weighted by atomic mass is 9.74. The van der Waals surface area contributed by atoms with Crippen molar-refractivity contribution >= 4 is 0 Å². The van der Waals surface area contributed by atoms with Crippen molar-refractivity contribution in [2.45, 2.75) is 73.8 Å². The molecule has 1 heteroatoms. The monoisotopic (exact) mass is 265 g/mol. The van der Waals surface area contributed by atoms with Gasteiger partial charge in [-0.15, -0.1) is 0 Å². The maximum atomic E-state index is 3.96. The summed E-state index contributed by atoms with van der Waals surface area (Å²) in [4.78, 5) is 0. The van der Waals surface area contributed by atoms with Crippen LogP contribution >= 0.6 is 0 Å². The van der Waals surface area contributed by atoms with Crippen LogP contribution in [-0.2, 0) is 0 Å². The summed E-state index contributed by atoms with van der Waals surface area (Å²) in [5.41, 5.74) is 1.04. The molecule has 0 spiro atoms. The molecule has 0 heterocycles. The first-order valence-corrected chi connectivity index (χ1v) is 8.41. The quantitative estimate of drug-likeness (QED) is 0.775. The zero-order chi connectivity index (χ0) is 14.4. The first-order valence-electron chi connectivity index (χ1n) is 8.41. The molecule has 19 heavy (non-hydrogen) atoms. The van der Waals surface area contributed by atoms with Crippen molar-refractivity contribution in [1.82, 2.24) is 5.32 Å². The fourth-order valence-corrected chi connectivity index (χ4v) is 4.55. The smallest absolute Gasteiger partial charge is 0.0100 e. The van der Waals surface area contributed by atoms with E-state index >= 15 is 0 Å². The fourth-order valence-electron chi connectivity index (χ4n) is 4.55. The summed E-state index contributed by atoms with van der Waals surface area (Å²) in [6.45, 7) is 18.2. The van der Waals surface area contributed by atoms with E-state index in [9.17, 15) is 0 Å². The second-order valence-electron chi connectivity index (χ2n) is 8.84. The van der Waals surface area contributed by atoms with Gasteiger partial charge >= 0.3 is 0 Å². The lowest BCUT2D eigenvalue weighted by Crippen LogP contribution is -2.44. The molecule has 112 valence electrons. The molecule has 2 aliphatic carbocycles. The number of hydrogen-bond acceptors (Lipinski definition) is 1. The summed E-state index contributed by atoms with van der Waals surface area (Å²) in [6.07, 6.45) is 4.24. The Morgan fingerprint density at radius 1 is 1.05 bits per heavy atom. The van der Waals surface area contributed by atoms with Crippen LogP contribution in [0.2, 0.25) is 0 Å². The minimum absolute atomic E-state index is 0.521. The Labute approximate surface area is 120 Å². The average Bonchev–Trinajstić information content (AvgIpc) is 2.66. The van der Waals surface area contributed by atoms with Gasteiger partial charge in [0, 0.05) is 6.04 Å². The second-order valence-corrected chi connectivity index (χ2v) is 8.84. The number of rotatable bonds is 4. The van der Waals surface area contributed by atoms with Gasteiger partial charge in [-0.25, -0.2) is 0 Å².